The van der Waals surface area contributed by atoms with Gasteiger partial charge in [-0.05, 0) is 49.9 Å². The van der Waals surface area contributed by atoms with Gasteiger partial charge in [0.05, 0.1) is 0 Å². The summed E-state index contributed by atoms with van der Waals surface area (Å²) in [5, 5.41) is 3.45. The highest BCUT2D eigenvalue weighted by Crippen LogP contribution is 2.26. The van der Waals surface area contributed by atoms with E-state index in [1.807, 2.05) is 6.20 Å². The van der Waals surface area contributed by atoms with Gasteiger partial charge in [0.2, 0.25) is 0 Å². The summed E-state index contributed by atoms with van der Waals surface area (Å²) in [5.74, 6) is 1.97. The second kappa shape index (κ2) is 6.90. The fourth-order valence-electron chi connectivity index (χ4n) is 3.01. The molecule has 0 aliphatic heterocycles. The molecule has 1 aliphatic carbocycles. The lowest BCUT2D eigenvalue weighted by molar-refractivity contribution is 0.544. The molecular weight excluding hydrogens is 234 g/mol. The van der Waals surface area contributed by atoms with E-state index in [4.69, 9.17) is 0 Å². The van der Waals surface area contributed by atoms with Crippen molar-refractivity contribution in [1.82, 2.24) is 10.3 Å². The Hall–Kier alpha value is -1.09. The molecule has 19 heavy (non-hydrogen) atoms. The van der Waals surface area contributed by atoms with Crippen molar-refractivity contribution >= 4 is 5.82 Å². The zero-order valence-corrected chi connectivity index (χ0v) is 12.5. The maximum absolute atomic E-state index is 4.52. The van der Waals surface area contributed by atoms with Crippen molar-refractivity contribution < 1.29 is 0 Å². The quantitative estimate of drug-likeness (QED) is 0.851. The summed E-state index contributed by atoms with van der Waals surface area (Å²) < 4.78 is 0. The van der Waals surface area contributed by atoms with Crippen LogP contribution in [-0.4, -0.2) is 25.1 Å². The van der Waals surface area contributed by atoms with Gasteiger partial charge in [-0.15, -0.1) is 0 Å². The van der Waals surface area contributed by atoms with Gasteiger partial charge in [-0.3, -0.25) is 0 Å². The topological polar surface area (TPSA) is 28.2 Å². The van der Waals surface area contributed by atoms with Gasteiger partial charge >= 0.3 is 0 Å². The van der Waals surface area contributed by atoms with E-state index in [0.29, 0.717) is 6.04 Å². The zero-order valence-electron chi connectivity index (χ0n) is 12.5. The third-order valence-corrected chi connectivity index (χ3v) is 4.18. The maximum Gasteiger partial charge on any atom is 0.128 e. The van der Waals surface area contributed by atoms with E-state index in [2.05, 4.69) is 48.2 Å². The minimum atomic E-state index is 0.395. The Morgan fingerprint density at radius 3 is 2.84 bits per heavy atom. The highest BCUT2D eigenvalue weighted by molar-refractivity contribution is 5.41. The Morgan fingerprint density at radius 1 is 1.42 bits per heavy atom. The smallest absolute Gasteiger partial charge is 0.128 e. The van der Waals surface area contributed by atoms with Crippen molar-refractivity contribution in [2.45, 2.75) is 45.6 Å². The molecule has 1 saturated carbocycles. The van der Waals surface area contributed by atoms with Crippen LogP contribution in [0.3, 0.4) is 0 Å². The second-order valence-electron chi connectivity index (χ2n) is 5.76. The molecule has 106 valence electrons. The van der Waals surface area contributed by atoms with Crippen LogP contribution in [0.4, 0.5) is 5.82 Å². The standard InChI is InChI=1S/C16H27N3/c1-4-17-13(2)15-9-10-18-16(11-15)19(3)12-14-7-5-6-8-14/h9-11,13-14,17H,4-8,12H2,1-3H3. The average molecular weight is 261 g/mol. The van der Waals surface area contributed by atoms with Gasteiger partial charge in [-0.25, -0.2) is 4.98 Å². The number of anilines is 1. The van der Waals surface area contributed by atoms with E-state index in [0.717, 1.165) is 24.8 Å². The summed E-state index contributed by atoms with van der Waals surface area (Å²) in [4.78, 5) is 6.84. The molecule has 3 heteroatoms. The van der Waals surface area contributed by atoms with Crippen LogP contribution in [0.5, 0.6) is 0 Å². The second-order valence-corrected chi connectivity index (χ2v) is 5.76. The lowest BCUT2D eigenvalue weighted by Gasteiger charge is -2.23. The van der Waals surface area contributed by atoms with Gasteiger partial charge in [0, 0.05) is 25.8 Å². The van der Waals surface area contributed by atoms with Gasteiger partial charge in [-0.2, -0.15) is 0 Å². The first kappa shape index (κ1) is 14.3. The third kappa shape index (κ3) is 3.93. The van der Waals surface area contributed by atoms with Crippen molar-refractivity contribution in [3.8, 4) is 0 Å². The van der Waals surface area contributed by atoms with Crippen LogP contribution in [0.15, 0.2) is 18.3 Å². The van der Waals surface area contributed by atoms with Crippen molar-refractivity contribution in [3.05, 3.63) is 23.9 Å². The fourth-order valence-corrected chi connectivity index (χ4v) is 3.01. The first-order valence-electron chi connectivity index (χ1n) is 7.61. The number of pyridine rings is 1. The van der Waals surface area contributed by atoms with Gasteiger partial charge in [0.25, 0.3) is 0 Å². The highest BCUT2D eigenvalue weighted by Gasteiger charge is 2.17. The van der Waals surface area contributed by atoms with Crippen LogP contribution >= 0.6 is 0 Å². The molecule has 0 bridgehead atoms. The molecule has 0 saturated heterocycles. The molecule has 2 rings (SSSR count). The molecule has 1 aliphatic rings. The van der Waals surface area contributed by atoms with Gasteiger partial charge in [-0.1, -0.05) is 19.8 Å². The monoisotopic (exact) mass is 261 g/mol. The molecule has 1 fully saturated rings. The summed E-state index contributed by atoms with van der Waals surface area (Å²) in [6, 6.07) is 4.73. The molecule has 0 radical (unpaired) electrons. The van der Waals surface area contributed by atoms with Gasteiger partial charge < -0.3 is 10.2 Å². The molecule has 1 heterocycles. The SMILES string of the molecule is CCNC(C)c1ccnc(N(C)CC2CCCC2)c1. The summed E-state index contributed by atoms with van der Waals surface area (Å²) >= 11 is 0. The average Bonchev–Trinajstić information content (AvgIpc) is 2.92. The minimum Gasteiger partial charge on any atom is -0.359 e. The molecule has 1 atom stereocenters. The van der Waals surface area contributed by atoms with Crippen molar-refractivity contribution in [2.75, 3.05) is 25.0 Å². The molecule has 3 nitrogen and oxygen atoms in total. The van der Waals surface area contributed by atoms with Crippen LogP contribution in [0, 0.1) is 5.92 Å². The van der Waals surface area contributed by atoms with E-state index in [-0.39, 0.29) is 0 Å². The summed E-state index contributed by atoms with van der Waals surface area (Å²) in [5.41, 5.74) is 1.32. The summed E-state index contributed by atoms with van der Waals surface area (Å²) in [7, 11) is 2.17. The number of nitrogens with zero attached hydrogens (tertiary/aromatic N) is 2. The Bertz CT molecular complexity index is 385. The van der Waals surface area contributed by atoms with Crippen LogP contribution < -0.4 is 10.2 Å². The fraction of sp³-hybridized carbons (Fsp3) is 0.688. The lowest BCUT2D eigenvalue weighted by atomic mass is 10.1. The van der Waals surface area contributed by atoms with Crippen molar-refractivity contribution in [3.63, 3.8) is 0 Å². The number of rotatable bonds is 6. The number of aromatic nitrogens is 1. The molecule has 0 spiro atoms. The third-order valence-electron chi connectivity index (χ3n) is 4.18. The zero-order chi connectivity index (χ0) is 13.7. The Labute approximate surface area is 117 Å². The van der Waals surface area contributed by atoms with Crippen LogP contribution in [0.1, 0.15) is 51.1 Å². The molecule has 1 aromatic rings. The molecular formula is C16H27N3. The van der Waals surface area contributed by atoms with Crippen LogP contribution in [-0.2, 0) is 0 Å². The first-order chi connectivity index (χ1) is 9.20. The predicted octanol–water partition coefficient (Wildman–Crippen LogP) is 3.38. The van der Waals surface area contributed by atoms with E-state index >= 15 is 0 Å². The van der Waals surface area contributed by atoms with Gasteiger partial charge in [0.15, 0.2) is 0 Å². The molecule has 1 N–H and O–H groups in total. The summed E-state index contributed by atoms with van der Waals surface area (Å²) in [6.45, 7) is 6.49. The Balaban J connectivity index is 2.00. The lowest BCUT2D eigenvalue weighted by Crippen LogP contribution is -2.25. The minimum absolute atomic E-state index is 0.395. The van der Waals surface area contributed by atoms with Crippen molar-refractivity contribution in [2.24, 2.45) is 5.92 Å². The number of hydrogen-bond acceptors (Lipinski definition) is 3. The first-order valence-corrected chi connectivity index (χ1v) is 7.61. The predicted molar refractivity (Wildman–Crippen MR) is 81.6 cm³/mol. The number of nitrogens with one attached hydrogen (secondary N) is 1. The van der Waals surface area contributed by atoms with E-state index in [9.17, 15) is 0 Å². The largest absolute Gasteiger partial charge is 0.359 e. The molecule has 1 unspecified atom stereocenters. The molecule has 0 aromatic carbocycles. The van der Waals surface area contributed by atoms with E-state index in [1.54, 1.807) is 0 Å². The maximum atomic E-state index is 4.52. The highest BCUT2D eigenvalue weighted by atomic mass is 15.2. The van der Waals surface area contributed by atoms with Gasteiger partial charge in [0.1, 0.15) is 5.82 Å². The summed E-state index contributed by atoms with van der Waals surface area (Å²) in [6.07, 6.45) is 7.52. The van der Waals surface area contributed by atoms with Crippen LogP contribution in [0.2, 0.25) is 0 Å². The number of hydrogen-bond donors (Lipinski definition) is 1. The molecule has 0 amide bonds. The van der Waals surface area contributed by atoms with E-state index in [1.165, 1.54) is 31.2 Å². The molecule has 1 aromatic heterocycles. The van der Waals surface area contributed by atoms with Crippen LogP contribution in [0.25, 0.3) is 0 Å². The normalized spacial score (nSPS) is 17.6. The van der Waals surface area contributed by atoms with E-state index < -0.39 is 0 Å². The van der Waals surface area contributed by atoms with Crippen molar-refractivity contribution in [1.29, 1.82) is 0 Å². The Morgan fingerprint density at radius 2 is 2.16 bits per heavy atom. The Kier molecular flexibility index (Phi) is 5.20.